The highest BCUT2D eigenvalue weighted by atomic mass is 16.1. The molecule has 106 valence electrons. The molecule has 3 rings (SSSR count). The first-order valence-corrected chi connectivity index (χ1v) is 7.42. The van der Waals surface area contributed by atoms with Crippen LogP contribution in [-0.4, -0.2) is 21.5 Å². The minimum Gasteiger partial charge on any atom is -0.353 e. The van der Waals surface area contributed by atoms with E-state index < -0.39 is 0 Å². The maximum absolute atomic E-state index is 12.2. The van der Waals surface area contributed by atoms with Gasteiger partial charge >= 0.3 is 0 Å². The Labute approximate surface area is 119 Å². The van der Waals surface area contributed by atoms with Crippen LogP contribution in [0, 0.1) is 0 Å². The lowest BCUT2D eigenvalue weighted by atomic mass is 9.95. The number of fused-ring (bicyclic) bond motifs is 1. The number of rotatable bonds is 3. The number of hydrogen-bond donors (Lipinski definition) is 1. The van der Waals surface area contributed by atoms with E-state index in [1.165, 1.54) is 19.3 Å². The van der Waals surface area contributed by atoms with Crippen molar-refractivity contribution in [3.63, 3.8) is 0 Å². The van der Waals surface area contributed by atoms with E-state index >= 15 is 0 Å². The van der Waals surface area contributed by atoms with Gasteiger partial charge in [0.15, 0.2) is 0 Å². The molecule has 1 fully saturated rings. The second kappa shape index (κ2) is 5.65. The Bertz CT molecular complexity index is 611. The van der Waals surface area contributed by atoms with Gasteiger partial charge in [-0.3, -0.25) is 4.79 Å². The SMILES string of the molecule is Cn1cc(CC(=O)NC2CCCCC2)c2cccnc21. The fourth-order valence-electron chi connectivity index (χ4n) is 3.13. The quantitative estimate of drug-likeness (QED) is 0.932. The van der Waals surface area contributed by atoms with Crippen molar-refractivity contribution in [1.82, 2.24) is 14.9 Å². The van der Waals surface area contributed by atoms with Crippen LogP contribution < -0.4 is 5.32 Å². The molecule has 0 atom stereocenters. The summed E-state index contributed by atoms with van der Waals surface area (Å²) in [5.74, 6) is 0.133. The summed E-state index contributed by atoms with van der Waals surface area (Å²) in [6.45, 7) is 0. The van der Waals surface area contributed by atoms with Gasteiger partial charge in [0.05, 0.1) is 6.42 Å². The Morgan fingerprint density at radius 3 is 3.00 bits per heavy atom. The number of carbonyl (C=O) groups excluding carboxylic acids is 1. The molecule has 0 aromatic carbocycles. The summed E-state index contributed by atoms with van der Waals surface area (Å²) in [6.07, 6.45) is 10.3. The second-order valence-corrected chi connectivity index (χ2v) is 5.72. The third kappa shape index (κ3) is 2.69. The zero-order chi connectivity index (χ0) is 13.9. The molecule has 1 N–H and O–H groups in total. The maximum atomic E-state index is 12.2. The molecule has 0 spiro atoms. The van der Waals surface area contributed by atoms with Crippen LogP contribution in [-0.2, 0) is 18.3 Å². The summed E-state index contributed by atoms with van der Waals surface area (Å²) in [5.41, 5.74) is 2.00. The topological polar surface area (TPSA) is 46.9 Å². The predicted molar refractivity (Wildman–Crippen MR) is 79.4 cm³/mol. The van der Waals surface area contributed by atoms with E-state index in [2.05, 4.69) is 10.3 Å². The van der Waals surface area contributed by atoms with E-state index in [-0.39, 0.29) is 5.91 Å². The molecule has 20 heavy (non-hydrogen) atoms. The molecule has 0 bridgehead atoms. The largest absolute Gasteiger partial charge is 0.353 e. The smallest absolute Gasteiger partial charge is 0.224 e. The standard InChI is InChI=1S/C16H21N3O/c1-19-11-12(14-8-5-9-17-16(14)19)10-15(20)18-13-6-3-2-4-7-13/h5,8-9,11,13H,2-4,6-7,10H2,1H3,(H,18,20). The Morgan fingerprint density at radius 2 is 2.20 bits per heavy atom. The van der Waals surface area contributed by atoms with Gasteiger partial charge in [0.2, 0.25) is 5.91 Å². The molecule has 0 radical (unpaired) electrons. The van der Waals surface area contributed by atoms with Crippen molar-refractivity contribution in [1.29, 1.82) is 0 Å². The van der Waals surface area contributed by atoms with Crippen LogP contribution in [0.15, 0.2) is 24.5 Å². The molecule has 2 heterocycles. The number of hydrogen-bond acceptors (Lipinski definition) is 2. The predicted octanol–water partition coefficient (Wildman–Crippen LogP) is 2.56. The minimum atomic E-state index is 0.133. The van der Waals surface area contributed by atoms with Gasteiger partial charge in [-0.1, -0.05) is 19.3 Å². The van der Waals surface area contributed by atoms with Gasteiger partial charge in [-0.15, -0.1) is 0 Å². The zero-order valence-electron chi connectivity index (χ0n) is 11.9. The van der Waals surface area contributed by atoms with E-state index in [4.69, 9.17) is 0 Å². The number of carbonyl (C=O) groups is 1. The summed E-state index contributed by atoms with van der Waals surface area (Å²) in [5, 5.41) is 4.25. The maximum Gasteiger partial charge on any atom is 0.224 e. The molecule has 1 saturated carbocycles. The monoisotopic (exact) mass is 271 g/mol. The van der Waals surface area contributed by atoms with Crippen LogP contribution in [0.4, 0.5) is 0 Å². The average molecular weight is 271 g/mol. The van der Waals surface area contributed by atoms with E-state index in [9.17, 15) is 4.79 Å². The number of aromatic nitrogens is 2. The molecule has 4 heteroatoms. The Kier molecular flexibility index (Phi) is 3.72. The summed E-state index contributed by atoms with van der Waals surface area (Å²) in [7, 11) is 1.97. The number of nitrogens with zero attached hydrogens (tertiary/aromatic N) is 2. The van der Waals surface area contributed by atoms with Crippen molar-refractivity contribution in [3.05, 3.63) is 30.1 Å². The van der Waals surface area contributed by atoms with Crippen LogP contribution in [0.3, 0.4) is 0 Å². The van der Waals surface area contributed by atoms with Crippen molar-refractivity contribution in [3.8, 4) is 0 Å². The minimum absolute atomic E-state index is 0.133. The molecule has 1 aliphatic rings. The van der Waals surface area contributed by atoms with E-state index in [0.29, 0.717) is 12.5 Å². The highest BCUT2D eigenvalue weighted by Gasteiger charge is 2.17. The van der Waals surface area contributed by atoms with Gasteiger partial charge in [-0.25, -0.2) is 4.98 Å². The lowest BCUT2D eigenvalue weighted by molar-refractivity contribution is -0.121. The number of aryl methyl sites for hydroxylation is 1. The molecule has 1 aliphatic carbocycles. The summed E-state index contributed by atoms with van der Waals surface area (Å²) < 4.78 is 1.98. The normalized spacial score (nSPS) is 16.4. The van der Waals surface area contributed by atoms with Gasteiger partial charge in [-0.05, 0) is 30.5 Å². The first-order chi connectivity index (χ1) is 9.74. The average Bonchev–Trinajstić information content (AvgIpc) is 2.77. The molecular formula is C16H21N3O. The first kappa shape index (κ1) is 13.2. The van der Waals surface area contributed by atoms with E-state index in [1.807, 2.05) is 29.9 Å². The van der Waals surface area contributed by atoms with Gasteiger partial charge in [0.25, 0.3) is 0 Å². The van der Waals surface area contributed by atoms with Crippen LogP contribution in [0.2, 0.25) is 0 Å². The van der Waals surface area contributed by atoms with Crippen molar-refractivity contribution < 1.29 is 4.79 Å². The molecule has 2 aromatic rings. The Hall–Kier alpha value is -1.84. The number of nitrogens with one attached hydrogen (secondary N) is 1. The lowest BCUT2D eigenvalue weighted by Crippen LogP contribution is -2.37. The van der Waals surface area contributed by atoms with Crippen molar-refractivity contribution >= 4 is 16.9 Å². The van der Waals surface area contributed by atoms with Gasteiger partial charge in [0, 0.05) is 30.9 Å². The second-order valence-electron chi connectivity index (χ2n) is 5.72. The molecule has 2 aromatic heterocycles. The molecule has 0 aliphatic heterocycles. The molecule has 0 unspecified atom stereocenters. The highest BCUT2D eigenvalue weighted by molar-refractivity contribution is 5.87. The van der Waals surface area contributed by atoms with Crippen LogP contribution in [0.1, 0.15) is 37.7 Å². The highest BCUT2D eigenvalue weighted by Crippen LogP contribution is 2.20. The summed E-state index contributed by atoms with van der Waals surface area (Å²) in [6, 6.07) is 4.33. The van der Waals surface area contributed by atoms with Crippen molar-refractivity contribution in [2.24, 2.45) is 7.05 Å². The first-order valence-electron chi connectivity index (χ1n) is 7.42. The fourth-order valence-corrected chi connectivity index (χ4v) is 3.13. The van der Waals surface area contributed by atoms with Crippen LogP contribution >= 0.6 is 0 Å². The molecule has 4 nitrogen and oxygen atoms in total. The van der Waals surface area contributed by atoms with Crippen LogP contribution in [0.25, 0.3) is 11.0 Å². The lowest BCUT2D eigenvalue weighted by Gasteiger charge is -2.22. The van der Waals surface area contributed by atoms with E-state index in [1.54, 1.807) is 6.20 Å². The third-order valence-electron chi connectivity index (χ3n) is 4.14. The van der Waals surface area contributed by atoms with Crippen molar-refractivity contribution in [2.75, 3.05) is 0 Å². The zero-order valence-corrected chi connectivity index (χ0v) is 11.9. The van der Waals surface area contributed by atoms with Crippen molar-refractivity contribution in [2.45, 2.75) is 44.6 Å². The molecule has 0 saturated heterocycles. The third-order valence-corrected chi connectivity index (χ3v) is 4.14. The number of pyridine rings is 1. The van der Waals surface area contributed by atoms with Crippen LogP contribution in [0.5, 0.6) is 0 Å². The number of amides is 1. The molecular weight excluding hydrogens is 250 g/mol. The van der Waals surface area contributed by atoms with E-state index in [0.717, 1.165) is 29.4 Å². The summed E-state index contributed by atoms with van der Waals surface area (Å²) in [4.78, 5) is 16.5. The van der Waals surface area contributed by atoms with Gasteiger partial charge < -0.3 is 9.88 Å². The fraction of sp³-hybridized carbons (Fsp3) is 0.500. The molecule has 1 amide bonds. The Morgan fingerprint density at radius 1 is 1.40 bits per heavy atom. The van der Waals surface area contributed by atoms with Gasteiger partial charge in [-0.2, -0.15) is 0 Å². The Balaban J connectivity index is 1.71. The summed E-state index contributed by atoms with van der Waals surface area (Å²) >= 11 is 0. The van der Waals surface area contributed by atoms with Gasteiger partial charge in [0.1, 0.15) is 5.65 Å².